The van der Waals surface area contributed by atoms with Crippen molar-refractivity contribution in [2.45, 2.75) is 6.42 Å². The quantitative estimate of drug-likeness (QED) is 0.642. The molecule has 1 heterocycles. The molecule has 68 valence electrons. The summed E-state index contributed by atoms with van der Waals surface area (Å²) in [6.45, 7) is 4.00. The molecule has 0 amide bonds. The van der Waals surface area contributed by atoms with Crippen LogP contribution in [0.4, 0.5) is 0 Å². The lowest BCUT2D eigenvalue weighted by molar-refractivity contribution is 1.19. The molecule has 1 aromatic heterocycles. The van der Waals surface area contributed by atoms with Crippen LogP contribution in [0.15, 0.2) is 42.5 Å². The Kier molecular flexibility index (Phi) is 1.42. The van der Waals surface area contributed by atoms with E-state index in [4.69, 9.17) is 0 Å². The van der Waals surface area contributed by atoms with Crippen molar-refractivity contribution in [2.24, 2.45) is 0 Å². The second-order valence-electron chi connectivity index (χ2n) is 3.73. The number of benzene rings is 1. The molecule has 1 nitrogen and oxygen atoms in total. The SMILES string of the molecule is C=C1C=Cc2[nH]c3ccccc3c2C1. The van der Waals surface area contributed by atoms with Gasteiger partial charge in [-0.2, -0.15) is 0 Å². The highest BCUT2D eigenvalue weighted by atomic mass is 14.7. The molecule has 1 heteroatoms. The average molecular weight is 181 g/mol. The summed E-state index contributed by atoms with van der Waals surface area (Å²) in [5.74, 6) is 0. The van der Waals surface area contributed by atoms with Gasteiger partial charge in [-0.05, 0) is 24.1 Å². The maximum Gasteiger partial charge on any atom is 0.0461 e. The molecule has 1 aliphatic rings. The fraction of sp³-hybridized carbons (Fsp3) is 0.0769. The zero-order chi connectivity index (χ0) is 9.54. The summed E-state index contributed by atoms with van der Waals surface area (Å²) >= 11 is 0. The van der Waals surface area contributed by atoms with E-state index in [1.807, 2.05) is 0 Å². The number of hydrogen-bond acceptors (Lipinski definition) is 0. The van der Waals surface area contributed by atoms with Crippen LogP contribution in [0.5, 0.6) is 0 Å². The van der Waals surface area contributed by atoms with Crippen LogP contribution in [0.2, 0.25) is 0 Å². The van der Waals surface area contributed by atoms with Crippen LogP contribution in [-0.2, 0) is 6.42 Å². The Morgan fingerprint density at radius 3 is 2.93 bits per heavy atom. The second kappa shape index (κ2) is 2.61. The van der Waals surface area contributed by atoms with Gasteiger partial charge < -0.3 is 4.98 Å². The van der Waals surface area contributed by atoms with E-state index in [0.717, 1.165) is 6.42 Å². The van der Waals surface area contributed by atoms with Crippen molar-refractivity contribution in [3.05, 3.63) is 53.8 Å². The first-order valence-electron chi connectivity index (χ1n) is 4.80. The summed E-state index contributed by atoms with van der Waals surface area (Å²) in [6, 6.07) is 8.42. The third kappa shape index (κ3) is 0.956. The smallest absolute Gasteiger partial charge is 0.0461 e. The highest BCUT2D eigenvalue weighted by Crippen LogP contribution is 2.28. The second-order valence-corrected chi connectivity index (χ2v) is 3.73. The van der Waals surface area contributed by atoms with Crippen molar-refractivity contribution >= 4 is 17.0 Å². The van der Waals surface area contributed by atoms with Crippen molar-refractivity contribution in [2.75, 3.05) is 0 Å². The van der Waals surface area contributed by atoms with Crippen molar-refractivity contribution < 1.29 is 0 Å². The average Bonchev–Trinajstić information content (AvgIpc) is 2.56. The topological polar surface area (TPSA) is 15.8 Å². The van der Waals surface area contributed by atoms with Gasteiger partial charge in [-0.15, -0.1) is 0 Å². The maximum absolute atomic E-state index is 4.00. The fourth-order valence-electron chi connectivity index (χ4n) is 2.04. The zero-order valence-electron chi connectivity index (χ0n) is 7.88. The van der Waals surface area contributed by atoms with Crippen molar-refractivity contribution in [1.82, 2.24) is 4.98 Å². The molecule has 3 rings (SSSR count). The van der Waals surface area contributed by atoms with E-state index < -0.39 is 0 Å². The van der Waals surface area contributed by atoms with Gasteiger partial charge in [0.05, 0.1) is 0 Å². The number of nitrogens with one attached hydrogen (secondary N) is 1. The van der Waals surface area contributed by atoms with Crippen LogP contribution in [0.25, 0.3) is 17.0 Å². The van der Waals surface area contributed by atoms with E-state index in [9.17, 15) is 0 Å². The molecule has 0 unspecified atom stereocenters. The highest BCUT2D eigenvalue weighted by molar-refractivity contribution is 5.88. The van der Waals surface area contributed by atoms with E-state index in [1.54, 1.807) is 0 Å². The lowest BCUT2D eigenvalue weighted by Crippen LogP contribution is -1.93. The van der Waals surface area contributed by atoms with Gasteiger partial charge in [0.15, 0.2) is 0 Å². The predicted molar refractivity (Wildman–Crippen MR) is 60.2 cm³/mol. The lowest BCUT2D eigenvalue weighted by Gasteiger charge is -2.06. The lowest BCUT2D eigenvalue weighted by atomic mass is 9.98. The molecule has 0 bridgehead atoms. The molecule has 0 spiro atoms. The largest absolute Gasteiger partial charge is 0.355 e. The van der Waals surface area contributed by atoms with Crippen LogP contribution >= 0.6 is 0 Å². The summed E-state index contributed by atoms with van der Waals surface area (Å²) in [4.78, 5) is 3.41. The normalized spacial score (nSPS) is 14.7. The van der Waals surface area contributed by atoms with Crippen molar-refractivity contribution in [1.29, 1.82) is 0 Å². The van der Waals surface area contributed by atoms with Crippen LogP contribution in [0.3, 0.4) is 0 Å². The molecule has 1 aliphatic carbocycles. The third-order valence-corrected chi connectivity index (χ3v) is 2.74. The number of fused-ring (bicyclic) bond motifs is 3. The number of H-pyrrole nitrogens is 1. The maximum atomic E-state index is 4.00. The number of hydrogen-bond donors (Lipinski definition) is 1. The molecule has 0 fully saturated rings. The first kappa shape index (κ1) is 7.63. The number of para-hydroxylation sites is 1. The van der Waals surface area contributed by atoms with Crippen LogP contribution in [-0.4, -0.2) is 4.98 Å². The Labute approximate surface area is 82.8 Å². The monoisotopic (exact) mass is 181 g/mol. The minimum atomic E-state index is 0.968. The van der Waals surface area contributed by atoms with Gasteiger partial charge in [0.25, 0.3) is 0 Å². The molecule has 1 N–H and O–H groups in total. The first-order valence-corrected chi connectivity index (χ1v) is 4.80. The summed E-state index contributed by atoms with van der Waals surface area (Å²) in [7, 11) is 0. The zero-order valence-corrected chi connectivity index (χ0v) is 7.88. The van der Waals surface area contributed by atoms with Gasteiger partial charge in [0.1, 0.15) is 0 Å². The molecular weight excluding hydrogens is 170 g/mol. The van der Waals surface area contributed by atoms with E-state index >= 15 is 0 Å². The third-order valence-electron chi connectivity index (χ3n) is 2.74. The molecule has 0 saturated heterocycles. The Morgan fingerprint density at radius 1 is 1.14 bits per heavy atom. The summed E-state index contributed by atoms with van der Waals surface area (Å²) in [5, 5.41) is 1.33. The number of rotatable bonds is 0. The minimum Gasteiger partial charge on any atom is -0.355 e. The molecule has 0 saturated carbocycles. The highest BCUT2D eigenvalue weighted by Gasteiger charge is 2.12. The van der Waals surface area contributed by atoms with Crippen LogP contribution in [0.1, 0.15) is 11.3 Å². The molecule has 0 radical (unpaired) electrons. The number of aromatic nitrogens is 1. The number of allylic oxidation sites excluding steroid dienone is 2. The summed E-state index contributed by atoms with van der Waals surface area (Å²) in [6.07, 6.45) is 5.16. The minimum absolute atomic E-state index is 0.968. The standard InChI is InChI=1S/C13H11N/c1-9-6-7-13-11(8-9)10-4-2-3-5-12(10)14-13/h2-7,14H,1,8H2. The number of aromatic amines is 1. The van der Waals surface area contributed by atoms with Gasteiger partial charge in [-0.25, -0.2) is 0 Å². The van der Waals surface area contributed by atoms with Crippen LogP contribution < -0.4 is 0 Å². The van der Waals surface area contributed by atoms with Crippen LogP contribution in [0, 0.1) is 0 Å². The fourth-order valence-corrected chi connectivity index (χ4v) is 2.04. The molecular formula is C13H11N. The molecule has 14 heavy (non-hydrogen) atoms. The summed E-state index contributed by atoms with van der Waals surface area (Å²) in [5.41, 5.74) is 5.02. The molecule has 0 atom stereocenters. The Bertz CT molecular complexity index is 543. The molecule has 1 aromatic carbocycles. The van der Waals surface area contributed by atoms with Gasteiger partial charge >= 0.3 is 0 Å². The van der Waals surface area contributed by atoms with Crippen molar-refractivity contribution in [3.8, 4) is 0 Å². The Hall–Kier alpha value is -1.76. The van der Waals surface area contributed by atoms with Gasteiger partial charge in [-0.1, -0.05) is 36.4 Å². The van der Waals surface area contributed by atoms with Crippen molar-refractivity contribution in [3.63, 3.8) is 0 Å². The van der Waals surface area contributed by atoms with E-state index in [1.165, 1.54) is 27.7 Å². The Morgan fingerprint density at radius 2 is 2.00 bits per heavy atom. The van der Waals surface area contributed by atoms with E-state index in [-0.39, 0.29) is 0 Å². The van der Waals surface area contributed by atoms with E-state index in [2.05, 4.69) is 48.0 Å². The van der Waals surface area contributed by atoms with E-state index in [0.29, 0.717) is 0 Å². The van der Waals surface area contributed by atoms with Gasteiger partial charge in [0.2, 0.25) is 0 Å². The van der Waals surface area contributed by atoms with Gasteiger partial charge in [-0.3, -0.25) is 0 Å². The Balaban J connectivity index is 2.37. The molecule has 2 aromatic rings. The molecule has 0 aliphatic heterocycles. The summed E-state index contributed by atoms with van der Waals surface area (Å²) < 4.78 is 0. The predicted octanol–water partition coefficient (Wildman–Crippen LogP) is 3.29. The first-order chi connectivity index (χ1) is 6.84. The van der Waals surface area contributed by atoms with Gasteiger partial charge in [0, 0.05) is 16.6 Å².